The van der Waals surface area contributed by atoms with Crippen molar-refractivity contribution in [2.45, 2.75) is 45.4 Å². The van der Waals surface area contributed by atoms with Crippen LogP contribution < -0.4 is 0 Å². The first-order valence-electron chi connectivity index (χ1n) is 5.77. The highest BCUT2D eigenvalue weighted by Crippen LogP contribution is 2.65. The zero-order chi connectivity index (χ0) is 9.05. The second kappa shape index (κ2) is 2.37. The van der Waals surface area contributed by atoms with E-state index in [9.17, 15) is 4.79 Å². The van der Waals surface area contributed by atoms with E-state index < -0.39 is 0 Å². The number of rotatable bonds is 0. The molecule has 3 saturated carbocycles. The molecular formula is C12H18O. The summed E-state index contributed by atoms with van der Waals surface area (Å²) in [5, 5.41) is 0. The van der Waals surface area contributed by atoms with Crippen LogP contribution >= 0.6 is 0 Å². The highest BCUT2D eigenvalue weighted by molar-refractivity contribution is 5.84. The molecule has 0 aromatic rings. The zero-order valence-corrected chi connectivity index (χ0v) is 8.38. The molecule has 3 aliphatic rings. The van der Waals surface area contributed by atoms with E-state index in [1.54, 1.807) is 0 Å². The quantitative estimate of drug-likeness (QED) is 0.557. The van der Waals surface area contributed by atoms with Crippen LogP contribution in [0.4, 0.5) is 0 Å². The number of hydrogen-bond acceptors (Lipinski definition) is 1. The molecule has 0 aromatic carbocycles. The van der Waals surface area contributed by atoms with Crippen molar-refractivity contribution in [1.29, 1.82) is 0 Å². The van der Waals surface area contributed by atoms with Gasteiger partial charge in [-0.3, -0.25) is 4.79 Å². The van der Waals surface area contributed by atoms with Crippen LogP contribution in [0.5, 0.6) is 0 Å². The maximum Gasteiger partial charge on any atom is 0.136 e. The minimum absolute atomic E-state index is 0.496. The Morgan fingerprint density at radius 1 is 1.23 bits per heavy atom. The van der Waals surface area contributed by atoms with Gasteiger partial charge in [-0.1, -0.05) is 6.92 Å². The van der Waals surface area contributed by atoms with Crippen molar-refractivity contribution in [3.8, 4) is 0 Å². The van der Waals surface area contributed by atoms with Crippen molar-refractivity contribution >= 4 is 5.78 Å². The molecule has 3 fully saturated rings. The minimum Gasteiger partial charge on any atom is -0.299 e. The van der Waals surface area contributed by atoms with Crippen molar-refractivity contribution in [3.05, 3.63) is 0 Å². The summed E-state index contributed by atoms with van der Waals surface area (Å²) in [5.74, 6) is 2.90. The first kappa shape index (κ1) is 8.02. The summed E-state index contributed by atoms with van der Waals surface area (Å²) in [7, 11) is 0. The normalized spacial score (nSPS) is 53.9. The Morgan fingerprint density at radius 2 is 2.00 bits per heavy atom. The van der Waals surface area contributed by atoms with Crippen molar-refractivity contribution in [2.24, 2.45) is 23.2 Å². The summed E-state index contributed by atoms with van der Waals surface area (Å²) < 4.78 is 0. The lowest BCUT2D eigenvalue weighted by atomic mass is 9.49. The van der Waals surface area contributed by atoms with Crippen LogP contribution in [0.3, 0.4) is 0 Å². The summed E-state index contributed by atoms with van der Waals surface area (Å²) in [6.45, 7) is 2.39. The van der Waals surface area contributed by atoms with Crippen LogP contribution in [0.25, 0.3) is 0 Å². The molecule has 0 radical (unpaired) electrons. The monoisotopic (exact) mass is 178 g/mol. The third-order valence-electron chi connectivity index (χ3n) is 5.17. The van der Waals surface area contributed by atoms with Gasteiger partial charge in [0.1, 0.15) is 5.78 Å². The highest BCUT2D eigenvalue weighted by Gasteiger charge is 2.60. The Kier molecular flexibility index (Phi) is 1.46. The molecule has 0 N–H and O–H groups in total. The van der Waals surface area contributed by atoms with Crippen LogP contribution in [0, 0.1) is 23.2 Å². The van der Waals surface area contributed by atoms with Gasteiger partial charge in [0.05, 0.1) is 0 Å². The molecule has 72 valence electrons. The molecule has 0 unspecified atom stereocenters. The fraction of sp³-hybridized carbons (Fsp3) is 0.917. The number of hydrogen-bond donors (Lipinski definition) is 0. The average Bonchev–Trinajstić information content (AvgIpc) is 2.38. The van der Waals surface area contributed by atoms with E-state index in [0.717, 1.165) is 18.3 Å². The zero-order valence-electron chi connectivity index (χ0n) is 8.38. The van der Waals surface area contributed by atoms with Gasteiger partial charge in [0.15, 0.2) is 0 Å². The fourth-order valence-corrected chi connectivity index (χ4v) is 4.38. The van der Waals surface area contributed by atoms with E-state index in [-0.39, 0.29) is 0 Å². The molecule has 0 aromatic heterocycles. The van der Waals surface area contributed by atoms with E-state index in [4.69, 9.17) is 0 Å². The van der Waals surface area contributed by atoms with Gasteiger partial charge in [0.2, 0.25) is 0 Å². The molecule has 0 aliphatic heterocycles. The second-order valence-corrected chi connectivity index (χ2v) is 5.45. The lowest BCUT2D eigenvalue weighted by Crippen LogP contribution is -2.51. The Balaban J connectivity index is 1.95. The minimum atomic E-state index is 0.496. The first-order valence-corrected chi connectivity index (χ1v) is 5.77. The fourth-order valence-electron chi connectivity index (χ4n) is 4.38. The molecule has 4 atom stereocenters. The van der Waals surface area contributed by atoms with E-state index in [1.807, 2.05) is 0 Å². The van der Waals surface area contributed by atoms with Crippen molar-refractivity contribution in [2.75, 3.05) is 0 Å². The third kappa shape index (κ3) is 0.812. The first-order chi connectivity index (χ1) is 6.24. The van der Waals surface area contributed by atoms with Gasteiger partial charge in [-0.05, 0) is 49.4 Å². The molecule has 0 heterocycles. The molecule has 1 nitrogen and oxygen atoms in total. The van der Waals surface area contributed by atoms with E-state index in [2.05, 4.69) is 6.92 Å². The number of Topliss-reactive ketones (excluding diaryl/α,β-unsaturated/α-hetero) is 1. The smallest absolute Gasteiger partial charge is 0.136 e. The Morgan fingerprint density at radius 3 is 2.69 bits per heavy atom. The maximum absolute atomic E-state index is 11.7. The van der Waals surface area contributed by atoms with Gasteiger partial charge in [-0.25, -0.2) is 0 Å². The number of ketones is 1. The Labute approximate surface area is 79.9 Å². The number of carbonyl (C=O) groups excluding carboxylic acids is 1. The van der Waals surface area contributed by atoms with Gasteiger partial charge < -0.3 is 0 Å². The van der Waals surface area contributed by atoms with Gasteiger partial charge in [-0.2, -0.15) is 0 Å². The van der Waals surface area contributed by atoms with Crippen LogP contribution in [0.15, 0.2) is 0 Å². The predicted octanol–water partition coefficient (Wildman–Crippen LogP) is 2.79. The molecule has 0 bridgehead atoms. The van der Waals surface area contributed by atoms with Gasteiger partial charge in [0.25, 0.3) is 0 Å². The number of carbonyl (C=O) groups is 1. The summed E-state index contributed by atoms with van der Waals surface area (Å²) >= 11 is 0. The maximum atomic E-state index is 11.7. The van der Waals surface area contributed by atoms with Crippen LogP contribution in [-0.4, -0.2) is 5.78 Å². The van der Waals surface area contributed by atoms with Crippen LogP contribution in [0.2, 0.25) is 0 Å². The predicted molar refractivity (Wildman–Crippen MR) is 51.3 cm³/mol. The van der Waals surface area contributed by atoms with Crippen molar-refractivity contribution < 1.29 is 4.79 Å². The lowest BCUT2D eigenvalue weighted by molar-refractivity contribution is -0.145. The van der Waals surface area contributed by atoms with E-state index in [0.29, 0.717) is 17.1 Å². The molecule has 1 heteroatoms. The molecule has 3 rings (SSSR count). The van der Waals surface area contributed by atoms with Crippen molar-refractivity contribution in [3.63, 3.8) is 0 Å². The Bertz CT molecular complexity index is 258. The molecule has 1 spiro atoms. The lowest BCUT2D eigenvalue weighted by Gasteiger charge is -2.54. The van der Waals surface area contributed by atoms with Gasteiger partial charge in [0, 0.05) is 12.3 Å². The van der Waals surface area contributed by atoms with Crippen molar-refractivity contribution in [1.82, 2.24) is 0 Å². The van der Waals surface area contributed by atoms with E-state index >= 15 is 0 Å². The third-order valence-corrected chi connectivity index (χ3v) is 5.17. The second-order valence-electron chi connectivity index (χ2n) is 5.45. The van der Waals surface area contributed by atoms with Crippen LogP contribution in [0.1, 0.15) is 45.4 Å². The molecule has 0 amide bonds. The molecule has 0 saturated heterocycles. The highest BCUT2D eigenvalue weighted by atomic mass is 16.1. The summed E-state index contributed by atoms with van der Waals surface area (Å²) in [6.07, 6.45) is 7.40. The Hall–Kier alpha value is -0.330. The topological polar surface area (TPSA) is 17.1 Å². The average molecular weight is 178 g/mol. The molecule has 13 heavy (non-hydrogen) atoms. The van der Waals surface area contributed by atoms with E-state index in [1.165, 1.54) is 32.1 Å². The summed E-state index contributed by atoms with van der Waals surface area (Å²) in [4.78, 5) is 11.7. The summed E-state index contributed by atoms with van der Waals surface area (Å²) in [5.41, 5.74) is 0.523. The standard InChI is InChI=1S/C12H18O/c1-8-4-6-12-7-5-10(12)11(13)3-2-9(8)12/h8-10H,2-7H2,1H3/t8-,9+,10-,12+/m0/s1. The summed E-state index contributed by atoms with van der Waals surface area (Å²) in [6, 6.07) is 0. The molecule has 3 aliphatic carbocycles. The van der Waals surface area contributed by atoms with Gasteiger partial charge in [-0.15, -0.1) is 0 Å². The van der Waals surface area contributed by atoms with Crippen LogP contribution in [-0.2, 0) is 4.79 Å². The largest absolute Gasteiger partial charge is 0.299 e. The molecular weight excluding hydrogens is 160 g/mol. The van der Waals surface area contributed by atoms with Gasteiger partial charge >= 0.3 is 0 Å². The SMILES string of the molecule is C[C@H]1CC[C@]23CC[C@H]2C(=O)CC[C@H]13.